The number of nitrogens with zero attached hydrogens (tertiary/aromatic N) is 1. The second kappa shape index (κ2) is 8.26. The first-order valence-electron chi connectivity index (χ1n) is 9.30. The molecule has 146 valence electrons. The number of hydrogen-bond acceptors (Lipinski definition) is 6. The summed E-state index contributed by atoms with van der Waals surface area (Å²) in [4.78, 5) is 28.5. The molecule has 0 saturated carbocycles. The smallest absolute Gasteiger partial charge is 0.287 e. The van der Waals surface area contributed by atoms with Crippen molar-refractivity contribution in [1.82, 2.24) is 10.2 Å². The average Bonchev–Trinajstić information content (AvgIpc) is 3.23. The van der Waals surface area contributed by atoms with Crippen molar-refractivity contribution in [2.24, 2.45) is 0 Å². The number of carbonyl (C=O) groups is 1. The zero-order valence-corrected chi connectivity index (χ0v) is 16.5. The molecule has 1 saturated heterocycles. The minimum atomic E-state index is -0.379. The number of morpholine rings is 1. The molecule has 0 radical (unpaired) electrons. The summed E-state index contributed by atoms with van der Waals surface area (Å²) >= 11 is 1.67. The van der Waals surface area contributed by atoms with Crippen LogP contribution in [0.4, 0.5) is 0 Å². The molecule has 1 atom stereocenters. The molecule has 3 aromatic rings. The van der Waals surface area contributed by atoms with Gasteiger partial charge in [-0.15, -0.1) is 11.3 Å². The van der Waals surface area contributed by atoms with Crippen LogP contribution in [0.5, 0.6) is 0 Å². The number of thiophene rings is 1. The normalized spacial score (nSPS) is 16.2. The molecule has 2 aromatic heterocycles. The predicted molar refractivity (Wildman–Crippen MR) is 109 cm³/mol. The molecule has 1 amide bonds. The summed E-state index contributed by atoms with van der Waals surface area (Å²) < 4.78 is 11.2. The minimum absolute atomic E-state index is 0.0370. The van der Waals surface area contributed by atoms with Crippen LogP contribution in [0.3, 0.4) is 0 Å². The van der Waals surface area contributed by atoms with E-state index in [1.54, 1.807) is 23.5 Å². The quantitative estimate of drug-likeness (QED) is 0.715. The van der Waals surface area contributed by atoms with E-state index in [4.69, 9.17) is 9.15 Å². The number of fused-ring (bicyclic) bond motifs is 1. The van der Waals surface area contributed by atoms with Crippen molar-refractivity contribution in [2.45, 2.75) is 13.0 Å². The molecule has 0 aliphatic carbocycles. The Kier molecular flexibility index (Phi) is 5.57. The van der Waals surface area contributed by atoms with E-state index >= 15 is 0 Å². The lowest BCUT2D eigenvalue weighted by atomic mass is 10.1. The molecule has 1 aromatic carbocycles. The molecule has 4 rings (SSSR count). The van der Waals surface area contributed by atoms with Crippen molar-refractivity contribution < 1.29 is 13.9 Å². The van der Waals surface area contributed by atoms with E-state index in [0.29, 0.717) is 30.7 Å². The fraction of sp³-hybridized carbons (Fsp3) is 0.333. The Hall–Kier alpha value is -2.48. The Morgan fingerprint density at radius 3 is 2.82 bits per heavy atom. The highest BCUT2D eigenvalue weighted by Crippen LogP contribution is 2.25. The van der Waals surface area contributed by atoms with Crippen LogP contribution in [0.15, 0.2) is 51.0 Å². The monoisotopic (exact) mass is 398 g/mol. The Morgan fingerprint density at radius 1 is 1.25 bits per heavy atom. The molecule has 0 spiro atoms. The van der Waals surface area contributed by atoms with Gasteiger partial charge in [-0.05, 0) is 36.1 Å². The number of ether oxygens (including phenoxy) is 1. The van der Waals surface area contributed by atoms with Gasteiger partial charge in [-0.1, -0.05) is 12.1 Å². The van der Waals surface area contributed by atoms with Crippen LogP contribution in [0, 0.1) is 6.92 Å². The first kappa shape index (κ1) is 18.9. The third-order valence-corrected chi connectivity index (χ3v) is 5.90. The standard InChI is InChI=1S/C21H22N2O4S/c1-14-4-5-15-17(24)12-19(27-18(15)11-14)21(25)22-13-16(20-3-2-10-28-20)23-6-8-26-9-7-23/h2-5,10-12,16H,6-9,13H2,1H3,(H,22,25)/t16-/m0/s1. The lowest BCUT2D eigenvalue weighted by molar-refractivity contribution is 0.0168. The van der Waals surface area contributed by atoms with Crippen LogP contribution >= 0.6 is 11.3 Å². The summed E-state index contributed by atoms with van der Waals surface area (Å²) in [7, 11) is 0. The van der Waals surface area contributed by atoms with Crippen LogP contribution in [0.1, 0.15) is 27.0 Å². The lowest BCUT2D eigenvalue weighted by Gasteiger charge is -2.34. The van der Waals surface area contributed by atoms with E-state index < -0.39 is 0 Å². The summed E-state index contributed by atoms with van der Waals surface area (Å²) in [6.07, 6.45) is 0. The molecule has 0 bridgehead atoms. The molecular weight excluding hydrogens is 376 g/mol. The van der Waals surface area contributed by atoms with Crippen molar-refractivity contribution in [3.05, 3.63) is 68.2 Å². The van der Waals surface area contributed by atoms with Gasteiger partial charge in [0, 0.05) is 30.6 Å². The predicted octanol–water partition coefficient (Wildman–Crippen LogP) is 2.97. The van der Waals surface area contributed by atoms with Gasteiger partial charge in [0.05, 0.1) is 24.6 Å². The van der Waals surface area contributed by atoms with E-state index in [1.165, 1.54) is 10.9 Å². The molecule has 3 heterocycles. The Labute approximate surface area is 166 Å². The van der Waals surface area contributed by atoms with Crippen molar-refractivity contribution in [2.75, 3.05) is 32.8 Å². The summed E-state index contributed by atoms with van der Waals surface area (Å²) in [5.41, 5.74) is 1.19. The molecule has 6 nitrogen and oxygen atoms in total. The fourth-order valence-electron chi connectivity index (χ4n) is 3.43. The second-order valence-electron chi connectivity index (χ2n) is 6.86. The van der Waals surface area contributed by atoms with Crippen LogP contribution in [0.2, 0.25) is 0 Å². The average molecular weight is 398 g/mol. The fourth-order valence-corrected chi connectivity index (χ4v) is 4.29. The van der Waals surface area contributed by atoms with Crippen LogP contribution in [-0.2, 0) is 4.74 Å². The molecule has 1 N–H and O–H groups in total. The van der Waals surface area contributed by atoms with Gasteiger partial charge in [-0.25, -0.2) is 0 Å². The van der Waals surface area contributed by atoms with Crippen molar-refractivity contribution in [3.8, 4) is 0 Å². The van der Waals surface area contributed by atoms with Gasteiger partial charge < -0.3 is 14.5 Å². The molecule has 1 fully saturated rings. The van der Waals surface area contributed by atoms with Crippen molar-refractivity contribution in [1.29, 1.82) is 0 Å². The maximum absolute atomic E-state index is 12.7. The van der Waals surface area contributed by atoms with Crippen LogP contribution in [-0.4, -0.2) is 43.7 Å². The van der Waals surface area contributed by atoms with Gasteiger partial charge in [0.2, 0.25) is 0 Å². The maximum Gasteiger partial charge on any atom is 0.287 e. The summed E-state index contributed by atoms with van der Waals surface area (Å²) in [6.45, 7) is 5.38. The largest absolute Gasteiger partial charge is 0.451 e. The third-order valence-electron chi connectivity index (χ3n) is 4.92. The zero-order valence-electron chi connectivity index (χ0n) is 15.6. The van der Waals surface area contributed by atoms with E-state index in [9.17, 15) is 9.59 Å². The van der Waals surface area contributed by atoms with Gasteiger partial charge in [-0.3, -0.25) is 14.5 Å². The molecular formula is C21H22N2O4S. The molecule has 0 unspecified atom stereocenters. The van der Waals surface area contributed by atoms with E-state index in [2.05, 4.69) is 16.3 Å². The number of carbonyl (C=O) groups excluding carboxylic acids is 1. The molecule has 7 heteroatoms. The van der Waals surface area contributed by atoms with Gasteiger partial charge in [0.1, 0.15) is 5.58 Å². The van der Waals surface area contributed by atoms with Crippen LogP contribution in [0.25, 0.3) is 11.0 Å². The number of aryl methyl sites for hydroxylation is 1. The number of benzene rings is 1. The van der Waals surface area contributed by atoms with Gasteiger partial charge in [0.25, 0.3) is 5.91 Å². The zero-order chi connectivity index (χ0) is 19.5. The first-order chi connectivity index (χ1) is 13.6. The Balaban J connectivity index is 1.53. The second-order valence-corrected chi connectivity index (χ2v) is 7.84. The number of rotatable bonds is 5. The topological polar surface area (TPSA) is 71.8 Å². The summed E-state index contributed by atoms with van der Waals surface area (Å²) in [6, 6.07) is 10.8. The van der Waals surface area contributed by atoms with Gasteiger partial charge >= 0.3 is 0 Å². The highest BCUT2D eigenvalue weighted by Gasteiger charge is 2.24. The first-order valence-corrected chi connectivity index (χ1v) is 10.2. The van der Waals surface area contributed by atoms with E-state index in [-0.39, 0.29) is 23.1 Å². The van der Waals surface area contributed by atoms with E-state index in [1.807, 2.05) is 24.4 Å². The van der Waals surface area contributed by atoms with Crippen LogP contribution < -0.4 is 10.7 Å². The molecule has 1 aliphatic rings. The van der Waals surface area contributed by atoms with Gasteiger partial charge in [0.15, 0.2) is 11.2 Å². The summed E-state index contributed by atoms with van der Waals surface area (Å²) in [5, 5.41) is 5.46. The number of hydrogen-bond donors (Lipinski definition) is 1. The lowest BCUT2D eigenvalue weighted by Crippen LogP contribution is -2.43. The highest BCUT2D eigenvalue weighted by atomic mass is 32.1. The summed E-state index contributed by atoms with van der Waals surface area (Å²) in [5.74, 6) is -0.342. The highest BCUT2D eigenvalue weighted by molar-refractivity contribution is 7.10. The van der Waals surface area contributed by atoms with Crippen molar-refractivity contribution >= 4 is 28.2 Å². The SMILES string of the molecule is Cc1ccc2c(=O)cc(C(=O)NC[C@@H](c3cccs3)N3CCOCC3)oc2c1. The Morgan fingerprint density at radius 2 is 2.07 bits per heavy atom. The molecule has 1 aliphatic heterocycles. The minimum Gasteiger partial charge on any atom is -0.451 e. The molecule has 28 heavy (non-hydrogen) atoms. The maximum atomic E-state index is 12.7. The number of amides is 1. The van der Waals surface area contributed by atoms with E-state index in [0.717, 1.165) is 18.7 Å². The third kappa shape index (κ3) is 4.01. The number of nitrogens with one attached hydrogen (secondary N) is 1. The van der Waals surface area contributed by atoms with Crippen molar-refractivity contribution in [3.63, 3.8) is 0 Å². The Bertz CT molecular complexity index is 1020. The van der Waals surface area contributed by atoms with Gasteiger partial charge in [-0.2, -0.15) is 0 Å².